The molecule has 0 radical (unpaired) electrons. The molecule has 236 valence electrons. The maximum Gasteiger partial charge on any atom is 0.335 e. The lowest BCUT2D eigenvalue weighted by molar-refractivity contribution is -0.122. The zero-order valence-electron chi connectivity index (χ0n) is 25.6. The van der Waals surface area contributed by atoms with Gasteiger partial charge in [-0.25, -0.2) is 9.69 Å². The van der Waals surface area contributed by atoms with E-state index in [1.54, 1.807) is 25.1 Å². The van der Waals surface area contributed by atoms with Gasteiger partial charge in [0.15, 0.2) is 29.6 Å². The third-order valence-corrected chi connectivity index (χ3v) is 7.43. The van der Waals surface area contributed by atoms with E-state index in [1.165, 1.54) is 25.3 Å². The van der Waals surface area contributed by atoms with Gasteiger partial charge in [0.2, 0.25) is 0 Å². The van der Waals surface area contributed by atoms with Gasteiger partial charge < -0.3 is 24.3 Å². The number of benzene rings is 3. The first kappa shape index (κ1) is 33.3. The minimum absolute atomic E-state index is 0.198. The van der Waals surface area contributed by atoms with Crippen LogP contribution in [0.3, 0.4) is 0 Å². The van der Waals surface area contributed by atoms with Crippen LogP contribution in [-0.4, -0.2) is 50.7 Å². The topological polar surface area (TPSA) is 132 Å². The molecule has 0 unspecified atom stereocenters. The summed E-state index contributed by atoms with van der Waals surface area (Å²) >= 11 is 2.03. The van der Waals surface area contributed by atoms with Crippen molar-refractivity contribution >= 4 is 63.8 Å². The van der Waals surface area contributed by atoms with Crippen LogP contribution in [0, 0.1) is 17.4 Å². The summed E-state index contributed by atoms with van der Waals surface area (Å²) in [5.41, 5.74) is 3.02. The molecular formula is C33H34IN3O8. The van der Waals surface area contributed by atoms with Gasteiger partial charge in [0.05, 0.1) is 29.6 Å². The van der Waals surface area contributed by atoms with Crippen molar-refractivity contribution in [1.29, 1.82) is 0 Å². The lowest BCUT2D eigenvalue weighted by atomic mass is 10.1. The van der Waals surface area contributed by atoms with Crippen LogP contribution in [0.25, 0.3) is 6.08 Å². The van der Waals surface area contributed by atoms with Crippen molar-refractivity contribution in [3.63, 3.8) is 0 Å². The average Bonchev–Trinajstić information content (AvgIpc) is 3.00. The third kappa shape index (κ3) is 7.93. The van der Waals surface area contributed by atoms with Gasteiger partial charge >= 0.3 is 6.03 Å². The Morgan fingerprint density at radius 2 is 1.73 bits per heavy atom. The molecule has 5 amide bonds. The number of nitrogens with one attached hydrogen (secondary N) is 2. The summed E-state index contributed by atoms with van der Waals surface area (Å²) in [5.74, 6) is -0.550. The standard InChI is InChI=1S/C33H34IN3O8/c1-6-12-44-26-11-10-22(17-27(26)42-5)37-32(40)23(31(39)36-33(37)41)14-21-15-24(34)30(28(16-21)43-7-2)45-18-29(38)35-25-13-19(3)8-9-20(25)4/h8-11,13-17H,6-7,12,18H2,1-5H3,(H,35,38)(H,36,39,41)/b23-14-. The van der Waals surface area contributed by atoms with Crippen LogP contribution < -0.4 is 34.5 Å². The van der Waals surface area contributed by atoms with Crippen molar-refractivity contribution in [1.82, 2.24) is 5.32 Å². The molecule has 0 aromatic heterocycles. The van der Waals surface area contributed by atoms with Crippen molar-refractivity contribution in [3.8, 4) is 23.0 Å². The minimum Gasteiger partial charge on any atom is -0.493 e. The maximum absolute atomic E-state index is 13.5. The Hall–Kier alpha value is -4.59. The molecule has 2 N–H and O–H groups in total. The number of hydrogen-bond donors (Lipinski definition) is 2. The number of hydrogen-bond acceptors (Lipinski definition) is 8. The van der Waals surface area contributed by atoms with E-state index in [0.717, 1.165) is 22.4 Å². The predicted octanol–water partition coefficient (Wildman–Crippen LogP) is 5.79. The summed E-state index contributed by atoms with van der Waals surface area (Å²) in [6.45, 7) is 8.10. The molecule has 1 saturated heterocycles. The van der Waals surface area contributed by atoms with Crippen molar-refractivity contribution in [2.24, 2.45) is 0 Å². The number of halogens is 1. The number of imide groups is 2. The molecule has 3 aromatic rings. The average molecular weight is 728 g/mol. The predicted molar refractivity (Wildman–Crippen MR) is 178 cm³/mol. The molecular weight excluding hydrogens is 693 g/mol. The fourth-order valence-corrected chi connectivity index (χ4v) is 5.24. The molecule has 0 spiro atoms. The van der Waals surface area contributed by atoms with Gasteiger partial charge in [0, 0.05) is 11.8 Å². The summed E-state index contributed by atoms with van der Waals surface area (Å²) in [5, 5.41) is 5.09. The summed E-state index contributed by atoms with van der Waals surface area (Å²) in [7, 11) is 1.45. The SMILES string of the molecule is CCCOc1ccc(N2C(=O)NC(=O)/C(=C/c3cc(I)c(OCC(=O)Nc4cc(C)ccc4C)c(OCC)c3)C2=O)cc1OC. The molecule has 45 heavy (non-hydrogen) atoms. The number of carbonyl (C=O) groups excluding carboxylic acids is 4. The van der Waals surface area contributed by atoms with Gasteiger partial charge in [-0.05, 0) is 103 Å². The molecule has 4 rings (SSSR count). The number of carbonyl (C=O) groups is 4. The fourth-order valence-electron chi connectivity index (χ4n) is 4.45. The first-order chi connectivity index (χ1) is 21.6. The number of methoxy groups -OCH3 is 1. The highest BCUT2D eigenvalue weighted by Crippen LogP contribution is 2.36. The second-order valence-electron chi connectivity index (χ2n) is 10.1. The van der Waals surface area contributed by atoms with Gasteiger partial charge in [0.1, 0.15) is 5.57 Å². The molecule has 1 fully saturated rings. The summed E-state index contributed by atoms with van der Waals surface area (Å²) in [4.78, 5) is 52.7. The second kappa shape index (κ2) is 14.9. The van der Waals surface area contributed by atoms with Gasteiger partial charge in [-0.1, -0.05) is 19.1 Å². The number of barbiturate groups is 1. The van der Waals surface area contributed by atoms with E-state index in [1.807, 2.05) is 61.6 Å². The number of ether oxygens (including phenoxy) is 4. The van der Waals surface area contributed by atoms with Crippen molar-refractivity contribution in [3.05, 3.63) is 74.4 Å². The molecule has 0 bridgehead atoms. The number of aryl methyl sites for hydroxylation is 2. The number of urea groups is 1. The van der Waals surface area contributed by atoms with Crippen LogP contribution in [0.4, 0.5) is 16.2 Å². The molecule has 3 aromatic carbocycles. The summed E-state index contributed by atoms with van der Waals surface area (Å²) < 4.78 is 23.3. The first-order valence-electron chi connectivity index (χ1n) is 14.2. The number of nitrogens with zero attached hydrogens (tertiary/aromatic N) is 1. The van der Waals surface area contributed by atoms with Crippen LogP contribution in [0.2, 0.25) is 0 Å². The van der Waals surface area contributed by atoms with Crippen LogP contribution in [0.15, 0.2) is 54.1 Å². The van der Waals surface area contributed by atoms with E-state index < -0.39 is 17.8 Å². The van der Waals surface area contributed by atoms with Crippen LogP contribution in [0.5, 0.6) is 23.0 Å². The van der Waals surface area contributed by atoms with Gasteiger partial charge in [-0.3, -0.25) is 19.7 Å². The molecule has 1 heterocycles. The molecule has 0 aliphatic carbocycles. The number of anilines is 2. The van der Waals surface area contributed by atoms with E-state index in [4.69, 9.17) is 18.9 Å². The Balaban J connectivity index is 1.59. The Labute approximate surface area is 275 Å². The van der Waals surface area contributed by atoms with Crippen molar-refractivity contribution < 1.29 is 38.1 Å². The Bertz CT molecular complexity index is 1670. The maximum atomic E-state index is 13.5. The molecule has 12 heteroatoms. The lowest BCUT2D eigenvalue weighted by Crippen LogP contribution is -2.54. The smallest absolute Gasteiger partial charge is 0.335 e. The summed E-state index contributed by atoms with van der Waals surface area (Å²) in [6, 6.07) is 12.8. The Kier molecular flexibility index (Phi) is 11.0. The van der Waals surface area contributed by atoms with Gasteiger partial charge in [-0.15, -0.1) is 0 Å². The van der Waals surface area contributed by atoms with Crippen molar-refractivity contribution in [2.75, 3.05) is 37.1 Å². The van der Waals surface area contributed by atoms with Gasteiger partial charge in [0.25, 0.3) is 17.7 Å². The Morgan fingerprint density at radius 1 is 0.956 bits per heavy atom. The Morgan fingerprint density at radius 3 is 2.44 bits per heavy atom. The fraction of sp³-hybridized carbons (Fsp3) is 0.273. The molecule has 1 aliphatic heterocycles. The van der Waals surface area contributed by atoms with Crippen LogP contribution in [-0.2, 0) is 14.4 Å². The molecule has 11 nitrogen and oxygen atoms in total. The third-order valence-electron chi connectivity index (χ3n) is 6.63. The van der Waals surface area contributed by atoms with E-state index >= 15 is 0 Å². The highest BCUT2D eigenvalue weighted by molar-refractivity contribution is 14.1. The van der Waals surface area contributed by atoms with Crippen molar-refractivity contribution in [2.45, 2.75) is 34.1 Å². The largest absolute Gasteiger partial charge is 0.493 e. The lowest BCUT2D eigenvalue weighted by Gasteiger charge is -2.27. The minimum atomic E-state index is -0.890. The summed E-state index contributed by atoms with van der Waals surface area (Å²) in [6.07, 6.45) is 2.16. The van der Waals surface area contributed by atoms with Crippen LogP contribution in [0.1, 0.15) is 37.0 Å². The second-order valence-corrected chi connectivity index (χ2v) is 11.2. The molecule has 1 aliphatic rings. The molecule has 0 atom stereocenters. The molecule has 0 saturated carbocycles. The van der Waals surface area contributed by atoms with E-state index in [9.17, 15) is 19.2 Å². The van der Waals surface area contributed by atoms with E-state index in [2.05, 4.69) is 10.6 Å². The zero-order valence-corrected chi connectivity index (χ0v) is 27.8. The van der Waals surface area contributed by atoms with Crippen LogP contribution >= 0.6 is 22.6 Å². The van der Waals surface area contributed by atoms with E-state index in [0.29, 0.717) is 51.0 Å². The van der Waals surface area contributed by atoms with Gasteiger partial charge in [-0.2, -0.15) is 0 Å². The highest BCUT2D eigenvalue weighted by atomic mass is 127. The highest BCUT2D eigenvalue weighted by Gasteiger charge is 2.37. The number of rotatable bonds is 12. The number of amides is 5. The first-order valence-corrected chi connectivity index (χ1v) is 15.3. The quantitative estimate of drug-likeness (QED) is 0.136. The normalized spacial score (nSPS) is 13.9. The van der Waals surface area contributed by atoms with E-state index in [-0.39, 0.29) is 23.8 Å². The zero-order chi connectivity index (χ0) is 32.7. The monoisotopic (exact) mass is 727 g/mol.